The Hall–Kier alpha value is -1.44. The summed E-state index contributed by atoms with van der Waals surface area (Å²) in [6.45, 7) is 8.05. The summed E-state index contributed by atoms with van der Waals surface area (Å²) < 4.78 is 27.6. The van der Waals surface area contributed by atoms with Crippen LogP contribution in [0.4, 0.5) is 4.79 Å². The number of hydrogen-bond donors (Lipinski definition) is 1. The van der Waals surface area contributed by atoms with Gasteiger partial charge in [0.2, 0.25) is 0 Å². The van der Waals surface area contributed by atoms with Crippen molar-refractivity contribution in [2.45, 2.75) is 52.6 Å². The van der Waals surface area contributed by atoms with Crippen molar-refractivity contribution in [2.75, 3.05) is 0 Å². The molecule has 6 nitrogen and oxygen atoms in total. The Labute approximate surface area is 145 Å². The monoisotopic (exact) mass is 355 g/mol. The smallest absolute Gasteiger partial charge is 0.407 e. The van der Waals surface area contributed by atoms with Crippen LogP contribution in [0.15, 0.2) is 30.3 Å². The Kier molecular flexibility index (Phi) is 6.77. The summed E-state index contributed by atoms with van der Waals surface area (Å²) in [5.41, 5.74) is 0.912. The molecule has 1 heterocycles. The van der Waals surface area contributed by atoms with E-state index in [0.29, 0.717) is 0 Å². The molecule has 7 heteroatoms. The van der Waals surface area contributed by atoms with Crippen molar-refractivity contribution >= 4 is 17.5 Å². The van der Waals surface area contributed by atoms with E-state index < -0.39 is 23.6 Å². The average molecular weight is 355 g/mol. The molecule has 0 bridgehead atoms. The van der Waals surface area contributed by atoms with Crippen molar-refractivity contribution < 1.29 is 22.1 Å². The van der Waals surface area contributed by atoms with E-state index in [1.54, 1.807) is 0 Å². The van der Waals surface area contributed by atoms with Crippen LogP contribution in [-0.4, -0.2) is 28.6 Å². The number of ether oxygens (including phenoxy) is 1. The number of hydrogen-bond acceptors (Lipinski definition) is 5. The lowest BCUT2D eigenvalue weighted by atomic mass is 9.90. The van der Waals surface area contributed by atoms with Crippen LogP contribution < -0.4 is 5.32 Å². The molecule has 1 aromatic carbocycles. The van der Waals surface area contributed by atoms with Crippen LogP contribution in [0, 0.1) is 11.8 Å². The lowest BCUT2D eigenvalue weighted by Gasteiger charge is -2.30. The van der Waals surface area contributed by atoms with Gasteiger partial charge in [-0.05, 0) is 17.4 Å². The summed E-state index contributed by atoms with van der Waals surface area (Å²) in [6, 6.07) is 9.10. The van der Waals surface area contributed by atoms with Gasteiger partial charge in [0.15, 0.2) is 0 Å². The first-order chi connectivity index (χ1) is 11.4. The maximum atomic E-state index is 12.1. The van der Waals surface area contributed by atoms with E-state index in [-0.39, 0.29) is 30.6 Å². The molecule has 0 aromatic heterocycles. The van der Waals surface area contributed by atoms with Crippen LogP contribution in [-0.2, 0) is 31.1 Å². The SMILES string of the molecule is CC(C)[C@H]1OS(=O)O[C@@H]1[C@@H](NC(=O)OCc1ccccc1)C(C)C. The molecule has 1 saturated heterocycles. The zero-order chi connectivity index (χ0) is 17.7. The van der Waals surface area contributed by atoms with Gasteiger partial charge in [-0.25, -0.2) is 4.79 Å². The minimum absolute atomic E-state index is 0.0687. The van der Waals surface area contributed by atoms with Crippen molar-refractivity contribution in [2.24, 2.45) is 11.8 Å². The predicted octanol–water partition coefficient (Wildman–Crippen LogP) is 2.96. The molecule has 1 aliphatic heterocycles. The van der Waals surface area contributed by atoms with Crippen LogP contribution in [0.25, 0.3) is 0 Å². The number of alkyl carbamates (subject to hydrolysis) is 1. The van der Waals surface area contributed by atoms with Crippen LogP contribution >= 0.6 is 0 Å². The molecule has 0 aliphatic carbocycles. The second kappa shape index (κ2) is 8.60. The molecule has 1 amide bonds. The molecule has 134 valence electrons. The van der Waals surface area contributed by atoms with Crippen LogP contribution in [0.2, 0.25) is 0 Å². The van der Waals surface area contributed by atoms with E-state index in [1.165, 1.54) is 0 Å². The second-order valence-corrected chi connectivity index (χ2v) is 7.34. The highest BCUT2D eigenvalue weighted by Crippen LogP contribution is 2.28. The molecule has 24 heavy (non-hydrogen) atoms. The Morgan fingerprint density at radius 1 is 1.17 bits per heavy atom. The molecule has 1 fully saturated rings. The minimum atomic E-state index is -1.78. The number of carbonyl (C=O) groups is 1. The first-order valence-electron chi connectivity index (χ1n) is 8.11. The number of benzene rings is 1. The maximum Gasteiger partial charge on any atom is 0.407 e. The van der Waals surface area contributed by atoms with Crippen molar-refractivity contribution in [3.05, 3.63) is 35.9 Å². The first-order valence-corrected chi connectivity index (χ1v) is 9.11. The van der Waals surface area contributed by atoms with Crippen molar-refractivity contribution in [3.8, 4) is 0 Å². The van der Waals surface area contributed by atoms with E-state index in [1.807, 2.05) is 58.0 Å². The fourth-order valence-electron chi connectivity index (χ4n) is 2.60. The Morgan fingerprint density at radius 2 is 1.79 bits per heavy atom. The third-order valence-corrected chi connectivity index (χ3v) is 4.69. The number of rotatable bonds is 6. The minimum Gasteiger partial charge on any atom is -0.445 e. The summed E-state index contributed by atoms with van der Waals surface area (Å²) in [4.78, 5) is 12.1. The Bertz CT molecular complexity index is 563. The van der Waals surface area contributed by atoms with Crippen LogP contribution in [0.1, 0.15) is 33.3 Å². The molecular weight excluding hydrogens is 330 g/mol. The van der Waals surface area contributed by atoms with Gasteiger partial charge in [-0.15, -0.1) is 0 Å². The molecule has 1 aliphatic rings. The van der Waals surface area contributed by atoms with Crippen molar-refractivity contribution in [1.82, 2.24) is 5.32 Å². The van der Waals surface area contributed by atoms with Gasteiger partial charge in [-0.2, -0.15) is 4.21 Å². The van der Waals surface area contributed by atoms with Gasteiger partial charge in [0.1, 0.15) is 18.8 Å². The van der Waals surface area contributed by atoms with Crippen LogP contribution in [0.3, 0.4) is 0 Å². The van der Waals surface area contributed by atoms with Gasteiger partial charge < -0.3 is 10.1 Å². The first kappa shape index (κ1) is 18.9. The van der Waals surface area contributed by atoms with E-state index in [9.17, 15) is 9.00 Å². The summed E-state index contributed by atoms with van der Waals surface area (Å²) in [5.74, 6) is 0.184. The largest absolute Gasteiger partial charge is 0.445 e. The van der Waals surface area contributed by atoms with Gasteiger partial charge in [0, 0.05) is 0 Å². The predicted molar refractivity (Wildman–Crippen MR) is 91.1 cm³/mol. The quantitative estimate of drug-likeness (QED) is 0.849. The summed E-state index contributed by atoms with van der Waals surface area (Å²) in [7, 11) is 0. The Morgan fingerprint density at radius 3 is 2.38 bits per heavy atom. The molecule has 4 atom stereocenters. The fraction of sp³-hybridized carbons (Fsp3) is 0.588. The molecule has 0 radical (unpaired) electrons. The van der Waals surface area contributed by atoms with Crippen molar-refractivity contribution in [1.29, 1.82) is 0 Å². The lowest BCUT2D eigenvalue weighted by Crippen LogP contribution is -2.51. The number of carbonyl (C=O) groups excluding carboxylic acids is 1. The van der Waals surface area contributed by atoms with E-state index in [0.717, 1.165) is 5.56 Å². The third kappa shape index (κ3) is 5.03. The van der Waals surface area contributed by atoms with Gasteiger partial charge in [-0.3, -0.25) is 8.37 Å². The lowest BCUT2D eigenvalue weighted by molar-refractivity contribution is 0.0621. The van der Waals surface area contributed by atoms with Gasteiger partial charge in [-0.1, -0.05) is 58.0 Å². The number of nitrogens with one attached hydrogen (secondary N) is 1. The molecular formula is C17H25NO5S. The van der Waals surface area contributed by atoms with E-state index in [2.05, 4.69) is 5.32 Å². The normalized spacial score (nSPS) is 25.0. The standard InChI is InChI=1S/C17H25NO5S/c1-11(2)14(16-15(12(3)4)22-24(20)23-16)18-17(19)21-10-13-8-6-5-7-9-13/h5-9,11-12,14-16H,10H2,1-4H3,(H,18,19)/t14-,15+,16+,24?/m0/s1. The highest BCUT2D eigenvalue weighted by molar-refractivity contribution is 7.75. The molecule has 0 spiro atoms. The topological polar surface area (TPSA) is 73.9 Å². The van der Waals surface area contributed by atoms with E-state index in [4.69, 9.17) is 13.1 Å². The summed E-state index contributed by atoms with van der Waals surface area (Å²) in [6.07, 6.45) is -1.34. The highest BCUT2D eigenvalue weighted by atomic mass is 32.2. The van der Waals surface area contributed by atoms with Gasteiger partial charge in [0.05, 0.1) is 6.04 Å². The van der Waals surface area contributed by atoms with Crippen LogP contribution in [0.5, 0.6) is 0 Å². The molecule has 1 unspecified atom stereocenters. The van der Waals surface area contributed by atoms with Gasteiger partial charge >= 0.3 is 17.5 Å². The zero-order valence-corrected chi connectivity index (χ0v) is 15.2. The molecule has 1 aromatic rings. The second-order valence-electron chi connectivity index (χ2n) is 6.55. The number of amides is 1. The average Bonchev–Trinajstić information content (AvgIpc) is 2.93. The van der Waals surface area contributed by atoms with E-state index >= 15 is 0 Å². The maximum absolute atomic E-state index is 12.1. The third-order valence-electron chi connectivity index (χ3n) is 3.93. The fourth-order valence-corrected chi connectivity index (χ4v) is 3.57. The molecule has 0 saturated carbocycles. The van der Waals surface area contributed by atoms with Gasteiger partial charge in [0.25, 0.3) is 0 Å². The zero-order valence-electron chi connectivity index (χ0n) is 14.4. The summed E-state index contributed by atoms with van der Waals surface area (Å²) in [5, 5.41) is 2.83. The summed E-state index contributed by atoms with van der Waals surface area (Å²) >= 11 is -1.78. The Balaban J connectivity index is 1.97. The highest BCUT2D eigenvalue weighted by Gasteiger charge is 2.44. The molecule has 1 N–H and O–H groups in total. The van der Waals surface area contributed by atoms with Crippen molar-refractivity contribution in [3.63, 3.8) is 0 Å². The molecule has 2 rings (SSSR count).